The van der Waals surface area contributed by atoms with Gasteiger partial charge in [-0.1, -0.05) is 11.6 Å². The second-order valence-corrected chi connectivity index (χ2v) is 8.67. The molecule has 0 saturated carbocycles. The topological polar surface area (TPSA) is 141 Å². The van der Waals surface area contributed by atoms with Crippen LogP contribution in [0.5, 0.6) is 23.0 Å². The predicted molar refractivity (Wildman–Crippen MR) is 121 cm³/mol. The fourth-order valence-corrected chi connectivity index (χ4v) is 3.60. The predicted octanol–water partition coefficient (Wildman–Crippen LogP) is 3.25. The molecule has 2 aromatic carbocycles. The first-order valence-corrected chi connectivity index (χ1v) is 10.1. The second-order valence-electron chi connectivity index (χ2n) is 8.67. The Morgan fingerprint density at radius 2 is 1.69 bits per heavy atom. The number of hydrogen-bond donors (Lipinski definition) is 5. The van der Waals surface area contributed by atoms with Crippen molar-refractivity contribution < 1.29 is 34.7 Å². The Morgan fingerprint density at radius 3 is 2.25 bits per heavy atom. The highest BCUT2D eigenvalue weighted by Crippen LogP contribution is 2.41. The van der Waals surface area contributed by atoms with Crippen LogP contribution in [0.15, 0.2) is 33.0 Å². The summed E-state index contributed by atoms with van der Waals surface area (Å²) in [6, 6.07) is 2.44. The van der Waals surface area contributed by atoms with E-state index in [-0.39, 0.29) is 63.2 Å². The van der Waals surface area contributed by atoms with Crippen LogP contribution in [-0.2, 0) is 12.8 Å². The zero-order valence-corrected chi connectivity index (χ0v) is 18.7. The van der Waals surface area contributed by atoms with Gasteiger partial charge in [0, 0.05) is 29.7 Å². The summed E-state index contributed by atoms with van der Waals surface area (Å²) in [6.45, 7) is 6.57. The van der Waals surface area contributed by atoms with E-state index in [2.05, 4.69) is 0 Å². The lowest BCUT2D eigenvalue weighted by atomic mass is 9.92. The number of aliphatic hydroxyl groups excluding tert-OH is 1. The van der Waals surface area contributed by atoms with Gasteiger partial charge in [0.15, 0.2) is 11.5 Å². The molecule has 32 heavy (non-hydrogen) atoms. The van der Waals surface area contributed by atoms with E-state index < -0.39 is 22.9 Å². The molecule has 3 aromatic rings. The molecule has 0 unspecified atom stereocenters. The van der Waals surface area contributed by atoms with E-state index in [0.717, 1.165) is 5.57 Å². The van der Waals surface area contributed by atoms with Gasteiger partial charge in [-0.25, -0.2) is 0 Å². The van der Waals surface area contributed by atoms with Gasteiger partial charge in [-0.2, -0.15) is 0 Å². The molecule has 0 amide bonds. The molecule has 3 rings (SSSR count). The third-order valence-electron chi connectivity index (χ3n) is 5.47. The van der Waals surface area contributed by atoms with E-state index >= 15 is 0 Å². The van der Waals surface area contributed by atoms with Crippen molar-refractivity contribution in [1.82, 2.24) is 0 Å². The molecular weight excluding hydrogens is 416 g/mol. The second kappa shape index (κ2) is 8.37. The Labute approximate surface area is 184 Å². The number of phenolic OH excluding ortho intramolecular Hbond substituents is 3. The van der Waals surface area contributed by atoms with Crippen molar-refractivity contribution in [2.24, 2.45) is 0 Å². The minimum Gasteiger partial charge on any atom is -0.507 e. The van der Waals surface area contributed by atoms with Crippen LogP contribution in [0.1, 0.15) is 38.8 Å². The molecule has 8 heteroatoms. The lowest BCUT2D eigenvalue weighted by Gasteiger charge is -2.25. The Bertz CT molecular complexity index is 1270. The van der Waals surface area contributed by atoms with Gasteiger partial charge in [-0.15, -0.1) is 0 Å². The number of fused-ring (bicyclic) bond motifs is 2. The summed E-state index contributed by atoms with van der Waals surface area (Å²) in [5.41, 5.74) is -0.913. The summed E-state index contributed by atoms with van der Waals surface area (Å²) in [6.07, 6.45) is 0.488. The van der Waals surface area contributed by atoms with Crippen molar-refractivity contribution in [2.75, 3.05) is 7.11 Å². The normalized spacial score (nSPS) is 12.8. The summed E-state index contributed by atoms with van der Waals surface area (Å²) in [4.78, 5) is 13.5. The van der Waals surface area contributed by atoms with Crippen LogP contribution >= 0.6 is 0 Å². The van der Waals surface area contributed by atoms with Crippen LogP contribution in [-0.4, -0.2) is 44.3 Å². The number of allylic oxidation sites excluding steroid dienone is 2. The highest BCUT2D eigenvalue weighted by atomic mass is 16.5. The molecule has 0 aliphatic carbocycles. The number of hydrogen-bond acceptors (Lipinski definition) is 8. The minimum absolute atomic E-state index is 0.00963. The molecule has 0 aliphatic rings. The van der Waals surface area contributed by atoms with Crippen molar-refractivity contribution in [2.45, 2.75) is 52.2 Å². The van der Waals surface area contributed by atoms with E-state index in [4.69, 9.17) is 9.15 Å². The first kappa shape index (κ1) is 23.4. The Hall–Kier alpha value is -3.23. The minimum atomic E-state index is -1.49. The molecule has 0 fully saturated rings. The Balaban J connectivity index is 2.42. The van der Waals surface area contributed by atoms with Crippen molar-refractivity contribution in [3.63, 3.8) is 0 Å². The van der Waals surface area contributed by atoms with Crippen molar-refractivity contribution in [1.29, 1.82) is 0 Å². The van der Waals surface area contributed by atoms with Crippen LogP contribution in [0, 0.1) is 0 Å². The maximum Gasteiger partial charge on any atom is 0.204 e. The molecule has 0 aliphatic heterocycles. The average molecular weight is 444 g/mol. The van der Waals surface area contributed by atoms with Crippen LogP contribution in [0.2, 0.25) is 0 Å². The third-order valence-corrected chi connectivity index (χ3v) is 5.47. The van der Waals surface area contributed by atoms with Gasteiger partial charge >= 0.3 is 0 Å². The monoisotopic (exact) mass is 444 g/mol. The third kappa shape index (κ3) is 4.11. The Morgan fingerprint density at radius 1 is 1.09 bits per heavy atom. The number of phenols is 3. The highest BCUT2D eigenvalue weighted by Gasteiger charge is 2.30. The lowest BCUT2D eigenvalue weighted by molar-refractivity contribution is -0.0470. The molecule has 0 bridgehead atoms. The van der Waals surface area contributed by atoms with Crippen molar-refractivity contribution in [3.8, 4) is 23.0 Å². The summed E-state index contributed by atoms with van der Waals surface area (Å²) < 4.78 is 11.0. The summed E-state index contributed by atoms with van der Waals surface area (Å²) in [5.74, 6) is -1.01. The maximum atomic E-state index is 13.5. The Kier molecular flexibility index (Phi) is 6.13. The van der Waals surface area contributed by atoms with Gasteiger partial charge in [0.05, 0.1) is 24.2 Å². The number of methoxy groups -OCH3 is 1. The number of ether oxygens (including phenoxy) is 1. The summed E-state index contributed by atoms with van der Waals surface area (Å²) in [7, 11) is 1.30. The number of aliphatic hydroxyl groups is 2. The molecule has 0 radical (unpaired) electrons. The van der Waals surface area contributed by atoms with Gasteiger partial charge in [0.2, 0.25) is 5.43 Å². The largest absolute Gasteiger partial charge is 0.507 e. The zero-order chi connectivity index (χ0) is 24.0. The maximum absolute atomic E-state index is 13.5. The van der Waals surface area contributed by atoms with Crippen molar-refractivity contribution >= 4 is 21.9 Å². The number of aromatic hydroxyl groups is 3. The van der Waals surface area contributed by atoms with Crippen LogP contribution in [0.3, 0.4) is 0 Å². The first-order valence-electron chi connectivity index (χ1n) is 10.1. The number of benzene rings is 2. The van der Waals surface area contributed by atoms with Gasteiger partial charge in [-0.3, -0.25) is 4.79 Å². The zero-order valence-electron chi connectivity index (χ0n) is 18.7. The lowest BCUT2D eigenvalue weighted by Crippen LogP contribution is -2.37. The summed E-state index contributed by atoms with van der Waals surface area (Å²) in [5, 5.41) is 52.1. The van der Waals surface area contributed by atoms with Crippen LogP contribution in [0.4, 0.5) is 0 Å². The van der Waals surface area contributed by atoms with Crippen molar-refractivity contribution in [3.05, 3.63) is 45.1 Å². The van der Waals surface area contributed by atoms with E-state index in [1.165, 1.54) is 33.1 Å². The fourth-order valence-electron chi connectivity index (χ4n) is 3.60. The van der Waals surface area contributed by atoms with E-state index in [9.17, 15) is 30.3 Å². The van der Waals surface area contributed by atoms with Gasteiger partial charge < -0.3 is 34.7 Å². The van der Waals surface area contributed by atoms with E-state index in [1.54, 1.807) is 6.08 Å². The molecule has 0 spiro atoms. The SMILES string of the molecule is COc1c(O)cc2oc3cc(O)c(CC=C(C)C)c(O)c3c(=O)c2c1C[C@@H](O)C(C)(C)O. The molecule has 1 atom stereocenters. The van der Waals surface area contributed by atoms with E-state index in [1.807, 2.05) is 13.8 Å². The molecule has 0 saturated heterocycles. The summed E-state index contributed by atoms with van der Waals surface area (Å²) >= 11 is 0. The molecule has 1 aromatic heterocycles. The number of rotatable bonds is 6. The molecule has 5 N–H and O–H groups in total. The smallest absolute Gasteiger partial charge is 0.204 e. The van der Waals surface area contributed by atoms with Crippen LogP contribution < -0.4 is 10.2 Å². The quantitative estimate of drug-likeness (QED) is 0.288. The van der Waals surface area contributed by atoms with E-state index in [0.29, 0.717) is 0 Å². The standard InChI is InChI=1S/C24H28O8/c1-11(2)6-7-12-14(25)9-17-20(21(12)28)22(29)19-13(8-18(27)24(3,4)30)23(31-5)15(26)10-16(19)32-17/h6,9-10,18,25-28,30H,7-8H2,1-5H3/t18-/m1/s1. The molecular formula is C24H28O8. The van der Waals surface area contributed by atoms with Gasteiger partial charge in [0.1, 0.15) is 28.1 Å². The van der Waals surface area contributed by atoms with Gasteiger partial charge in [0.25, 0.3) is 0 Å². The first-order chi connectivity index (χ1) is 14.9. The molecule has 1 heterocycles. The highest BCUT2D eigenvalue weighted by molar-refractivity contribution is 5.97. The average Bonchev–Trinajstić information content (AvgIpc) is 2.66. The van der Waals surface area contributed by atoms with Crippen LogP contribution in [0.25, 0.3) is 21.9 Å². The molecule has 172 valence electrons. The van der Waals surface area contributed by atoms with Gasteiger partial charge in [-0.05, 0) is 34.1 Å². The molecule has 8 nitrogen and oxygen atoms in total. The fraction of sp³-hybridized carbons (Fsp3) is 0.375.